The van der Waals surface area contributed by atoms with Gasteiger partial charge in [-0.05, 0) is 24.5 Å². The Morgan fingerprint density at radius 3 is 2.33 bits per heavy atom. The minimum Gasteiger partial charge on any atom is -0.456 e. The van der Waals surface area contributed by atoms with Gasteiger partial charge in [0.15, 0.2) is 5.43 Å². The Bertz CT molecular complexity index is 814. The summed E-state index contributed by atoms with van der Waals surface area (Å²) < 4.78 is 6.06. The van der Waals surface area contributed by atoms with Crippen LogP contribution in [0.5, 0.6) is 0 Å². The fourth-order valence-electron chi connectivity index (χ4n) is 2.60. The lowest BCUT2D eigenvalue weighted by atomic mass is 9.97. The molecule has 2 heteroatoms. The molecular weight excluding hydrogens is 260 g/mol. The van der Waals surface area contributed by atoms with Gasteiger partial charge < -0.3 is 4.42 Å². The number of benzene rings is 2. The van der Waals surface area contributed by atoms with E-state index in [0.717, 1.165) is 17.5 Å². The molecule has 106 valence electrons. The molecule has 21 heavy (non-hydrogen) atoms. The third kappa shape index (κ3) is 2.62. The summed E-state index contributed by atoms with van der Waals surface area (Å²) in [5.41, 5.74) is 2.46. The predicted molar refractivity (Wildman–Crippen MR) is 86.5 cm³/mol. The second-order valence-electron chi connectivity index (χ2n) is 5.70. The summed E-state index contributed by atoms with van der Waals surface area (Å²) >= 11 is 0. The highest BCUT2D eigenvalue weighted by molar-refractivity contribution is 5.80. The normalized spacial score (nSPS) is 11.2. The second-order valence-corrected chi connectivity index (χ2v) is 5.70. The van der Waals surface area contributed by atoms with Crippen molar-refractivity contribution in [2.75, 3.05) is 0 Å². The Labute approximate surface area is 124 Å². The summed E-state index contributed by atoms with van der Waals surface area (Å²) in [6.07, 6.45) is 0.720. The van der Waals surface area contributed by atoms with E-state index < -0.39 is 0 Å². The maximum Gasteiger partial charge on any atom is 0.196 e. The van der Waals surface area contributed by atoms with E-state index in [-0.39, 0.29) is 5.43 Å². The third-order valence-electron chi connectivity index (χ3n) is 3.54. The molecule has 0 spiro atoms. The molecule has 0 N–H and O–H groups in total. The molecule has 2 aromatic carbocycles. The molecule has 0 saturated carbocycles. The van der Waals surface area contributed by atoms with Gasteiger partial charge in [0.05, 0.1) is 5.39 Å². The van der Waals surface area contributed by atoms with Crippen LogP contribution in [0.1, 0.15) is 19.4 Å². The smallest absolute Gasteiger partial charge is 0.196 e. The molecule has 0 amide bonds. The summed E-state index contributed by atoms with van der Waals surface area (Å²) in [5.74, 6) is 1.10. The molecule has 0 saturated heterocycles. The van der Waals surface area contributed by atoms with Gasteiger partial charge in [-0.15, -0.1) is 0 Å². The minimum absolute atomic E-state index is 0.0874. The molecule has 0 aliphatic heterocycles. The summed E-state index contributed by atoms with van der Waals surface area (Å²) in [4.78, 5) is 12.8. The average molecular weight is 278 g/mol. The van der Waals surface area contributed by atoms with Crippen molar-refractivity contribution in [2.24, 2.45) is 5.92 Å². The average Bonchev–Trinajstić information content (AvgIpc) is 2.50. The topological polar surface area (TPSA) is 30.2 Å². The molecule has 3 aromatic rings. The highest BCUT2D eigenvalue weighted by Gasteiger charge is 2.16. The van der Waals surface area contributed by atoms with Crippen LogP contribution in [0.2, 0.25) is 0 Å². The summed E-state index contributed by atoms with van der Waals surface area (Å²) in [6, 6.07) is 17.3. The van der Waals surface area contributed by atoms with Gasteiger partial charge in [0, 0.05) is 11.1 Å². The Kier molecular flexibility index (Phi) is 3.61. The van der Waals surface area contributed by atoms with Crippen molar-refractivity contribution in [1.82, 2.24) is 0 Å². The zero-order valence-corrected chi connectivity index (χ0v) is 12.3. The van der Waals surface area contributed by atoms with Gasteiger partial charge in [-0.1, -0.05) is 56.3 Å². The Morgan fingerprint density at radius 2 is 1.62 bits per heavy atom. The van der Waals surface area contributed by atoms with Gasteiger partial charge in [0.1, 0.15) is 11.3 Å². The maximum atomic E-state index is 12.8. The number of para-hydroxylation sites is 1. The first-order valence-electron chi connectivity index (χ1n) is 7.27. The first-order chi connectivity index (χ1) is 10.2. The lowest BCUT2D eigenvalue weighted by molar-refractivity contribution is 0.585. The molecule has 2 nitrogen and oxygen atoms in total. The second kappa shape index (κ2) is 5.57. The highest BCUT2D eigenvalue weighted by atomic mass is 16.3. The largest absolute Gasteiger partial charge is 0.456 e. The van der Waals surface area contributed by atoms with Crippen LogP contribution in [0.4, 0.5) is 0 Å². The highest BCUT2D eigenvalue weighted by Crippen LogP contribution is 2.27. The van der Waals surface area contributed by atoms with Crippen LogP contribution in [-0.4, -0.2) is 0 Å². The van der Waals surface area contributed by atoms with Crippen molar-refractivity contribution >= 4 is 11.0 Å². The van der Waals surface area contributed by atoms with E-state index in [4.69, 9.17) is 4.42 Å². The lowest BCUT2D eigenvalue weighted by Gasteiger charge is -2.11. The Morgan fingerprint density at radius 1 is 0.952 bits per heavy atom. The van der Waals surface area contributed by atoms with E-state index in [1.54, 1.807) is 0 Å². The first kappa shape index (κ1) is 13.6. The summed E-state index contributed by atoms with van der Waals surface area (Å²) in [5, 5.41) is 0.660. The van der Waals surface area contributed by atoms with Crippen molar-refractivity contribution in [3.8, 4) is 11.3 Å². The first-order valence-corrected chi connectivity index (χ1v) is 7.27. The fourth-order valence-corrected chi connectivity index (χ4v) is 2.60. The summed E-state index contributed by atoms with van der Waals surface area (Å²) in [7, 11) is 0. The molecule has 3 rings (SSSR count). The van der Waals surface area contributed by atoms with E-state index >= 15 is 0 Å². The number of fused-ring (bicyclic) bond motifs is 1. The number of hydrogen-bond donors (Lipinski definition) is 0. The van der Waals surface area contributed by atoms with Crippen LogP contribution < -0.4 is 5.43 Å². The quantitative estimate of drug-likeness (QED) is 0.697. The van der Waals surface area contributed by atoms with Crippen LogP contribution in [-0.2, 0) is 6.42 Å². The molecule has 1 heterocycles. The van der Waals surface area contributed by atoms with Crippen LogP contribution in [0.25, 0.3) is 22.3 Å². The molecule has 0 aliphatic rings. The van der Waals surface area contributed by atoms with Gasteiger partial charge >= 0.3 is 0 Å². The monoisotopic (exact) mass is 278 g/mol. The third-order valence-corrected chi connectivity index (χ3v) is 3.54. The number of hydrogen-bond acceptors (Lipinski definition) is 2. The molecule has 0 radical (unpaired) electrons. The standard InChI is InChI=1S/C19H18O2/c1-13(2)12-16-18(20)15-10-6-7-11-17(15)21-19(16)14-8-4-3-5-9-14/h3-11,13H,12H2,1-2H3. The van der Waals surface area contributed by atoms with E-state index in [9.17, 15) is 4.79 Å². The van der Waals surface area contributed by atoms with Crippen molar-refractivity contribution in [3.05, 3.63) is 70.4 Å². The molecule has 0 bridgehead atoms. The molecule has 0 fully saturated rings. The maximum absolute atomic E-state index is 12.8. The van der Waals surface area contributed by atoms with Crippen molar-refractivity contribution in [1.29, 1.82) is 0 Å². The van der Waals surface area contributed by atoms with Crippen LogP contribution in [0.15, 0.2) is 63.8 Å². The van der Waals surface area contributed by atoms with Crippen LogP contribution in [0, 0.1) is 5.92 Å². The molecular formula is C19H18O2. The van der Waals surface area contributed by atoms with Crippen LogP contribution in [0.3, 0.4) is 0 Å². The molecule has 0 unspecified atom stereocenters. The SMILES string of the molecule is CC(C)Cc1c(-c2ccccc2)oc2ccccc2c1=O. The van der Waals surface area contributed by atoms with Gasteiger partial charge in [0.25, 0.3) is 0 Å². The predicted octanol–water partition coefficient (Wildman–Crippen LogP) is 4.66. The lowest BCUT2D eigenvalue weighted by Crippen LogP contribution is -2.13. The van der Waals surface area contributed by atoms with E-state index in [1.807, 2.05) is 54.6 Å². The minimum atomic E-state index is 0.0874. The van der Waals surface area contributed by atoms with Gasteiger partial charge in [-0.2, -0.15) is 0 Å². The zero-order valence-electron chi connectivity index (χ0n) is 12.3. The van der Waals surface area contributed by atoms with Gasteiger partial charge in [-0.25, -0.2) is 0 Å². The van der Waals surface area contributed by atoms with E-state index in [1.165, 1.54) is 0 Å². The summed E-state index contributed by atoms with van der Waals surface area (Å²) in [6.45, 7) is 4.23. The van der Waals surface area contributed by atoms with Gasteiger partial charge in [0.2, 0.25) is 0 Å². The fraction of sp³-hybridized carbons (Fsp3) is 0.211. The number of rotatable bonds is 3. The van der Waals surface area contributed by atoms with Gasteiger partial charge in [-0.3, -0.25) is 4.79 Å². The Balaban J connectivity index is 2.33. The Hall–Kier alpha value is -2.35. The molecule has 1 aromatic heterocycles. The molecule has 0 atom stereocenters. The van der Waals surface area contributed by atoms with E-state index in [0.29, 0.717) is 22.6 Å². The van der Waals surface area contributed by atoms with Crippen LogP contribution >= 0.6 is 0 Å². The molecule has 0 aliphatic carbocycles. The van der Waals surface area contributed by atoms with Crippen molar-refractivity contribution < 1.29 is 4.42 Å². The zero-order chi connectivity index (χ0) is 14.8. The van der Waals surface area contributed by atoms with E-state index in [2.05, 4.69) is 13.8 Å². The van der Waals surface area contributed by atoms with Crippen molar-refractivity contribution in [2.45, 2.75) is 20.3 Å². The van der Waals surface area contributed by atoms with Crippen molar-refractivity contribution in [3.63, 3.8) is 0 Å².